The van der Waals surface area contributed by atoms with Crippen molar-refractivity contribution in [2.75, 3.05) is 26.3 Å². The summed E-state index contributed by atoms with van der Waals surface area (Å²) in [4.78, 5) is 29.5. The van der Waals surface area contributed by atoms with Gasteiger partial charge < -0.3 is 14.8 Å². The van der Waals surface area contributed by atoms with Crippen molar-refractivity contribution in [2.45, 2.75) is 24.2 Å². The number of rotatable bonds is 7. The zero-order valence-electron chi connectivity index (χ0n) is 15.1. The summed E-state index contributed by atoms with van der Waals surface area (Å²) in [6.45, 7) is 1.49. The monoisotopic (exact) mass is 407 g/mol. The molecule has 150 valence electrons. The molecule has 1 aromatic heterocycles. The highest BCUT2D eigenvalue weighted by atomic mass is 32.2. The van der Waals surface area contributed by atoms with E-state index in [0.717, 1.165) is 5.56 Å². The van der Waals surface area contributed by atoms with E-state index in [4.69, 9.17) is 9.84 Å². The minimum atomic E-state index is -3.52. The van der Waals surface area contributed by atoms with E-state index in [0.29, 0.717) is 45.0 Å². The van der Waals surface area contributed by atoms with E-state index < -0.39 is 21.6 Å². The Morgan fingerprint density at radius 1 is 1.18 bits per heavy atom. The van der Waals surface area contributed by atoms with Crippen molar-refractivity contribution in [3.05, 3.63) is 57.8 Å². The van der Waals surface area contributed by atoms with Crippen molar-refractivity contribution in [3.8, 4) is 0 Å². The normalized spacial score (nSPS) is 15.4. The fraction of sp³-hybridized carbons (Fsp3) is 0.389. The first-order valence-corrected chi connectivity index (χ1v) is 10.3. The fourth-order valence-corrected chi connectivity index (χ4v) is 4.31. The van der Waals surface area contributed by atoms with Gasteiger partial charge in [0.2, 0.25) is 10.0 Å². The van der Waals surface area contributed by atoms with Crippen molar-refractivity contribution >= 4 is 16.0 Å². The van der Waals surface area contributed by atoms with Gasteiger partial charge in [0.25, 0.3) is 5.56 Å². The summed E-state index contributed by atoms with van der Waals surface area (Å²) >= 11 is 0. The average molecular weight is 407 g/mol. The lowest BCUT2D eigenvalue weighted by Crippen LogP contribution is -2.40. The van der Waals surface area contributed by atoms with Crippen LogP contribution in [-0.2, 0) is 38.8 Å². The predicted molar refractivity (Wildman–Crippen MR) is 99.6 cm³/mol. The molecule has 3 rings (SSSR count). The summed E-state index contributed by atoms with van der Waals surface area (Å²) in [5.41, 5.74) is 0.548. The van der Waals surface area contributed by atoms with Gasteiger partial charge in [-0.25, -0.2) is 13.4 Å². The highest BCUT2D eigenvalue weighted by Gasteiger charge is 2.26. The van der Waals surface area contributed by atoms with Gasteiger partial charge in [-0.1, -0.05) is 12.1 Å². The summed E-state index contributed by atoms with van der Waals surface area (Å²) in [6.07, 6.45) is 1.90. The number of benzene rings is 1. The Morgan fingerprint density at radius 3 is 2.46 bits per heavy atom. The van der Waals surface area contributed by atoms with Crippen molar-refractivity contribution in [2.24, 2.45) is 0 Å². The molecule has 0 unspecified atom stereocenters. The number of morpholine rings is 1. The maximum absolute atomic E-state index is 12.6. The highest BCUT2D eigenvalue weighted by molar-refractivity contribution is 7.89. The number of sulfonamides is 1. The summed E-state index contributed by atoms with van der Waals surface area (Å²) < 4.78 is 31.8. The first kappa shape index (κ1) is 20.2. The molecule has 0 spiro atoms. The number of carboxylic acid groups (broad SMARTS) is 1. The third kappa shape index (κ3) is 4.83. The van der Waals surface area contributed by atoms with E-state index in [1.807, 2.05) is 0 Å². The molecule has 0 aliphatic carbocycles. The van der Waals surface area contributed by atoms with Gasteiger partial charge >= 0.3 is 5.97 Å². The number of hydrogen-bond donors (Lipinski definition) is 2. The molecule has 2 N–H and O–H groups in total. The number of aliphatic carboxylic acids is 1. The second-order valence-electron chi connectivity index (χ2n) is 6.42. The quantitative estimate of drug-likeness (QED) is 0.671. The molecule has 1 aromatic carbocycles. The highest BCUT2D eigenvalue weighted by Crippen LogP contribution is 2.18. The number of aromatic amines is 1. The predicted octanol–water partition coefficient (Wildman–Crippen LogP) is 0.203. The summed E-state index contributed by atoms with van der Waals surface area (Å²) in [7, 11) is -3.52. The van der Waals surface area contributed by atoms with Gasteiger partial charge in [0.1, 0.15) is 5.82 Å². The maximum atomic E-state index is 12.6. The Labute approximate surface area is 162 Å². The van der Waals surface area contributed by atoms with Crippen molar-refractivity contribution in [1.29, 1.82) is 0 Å². The Bertz CT molecular complexity index is 995. The second kappa shape index (κ2) is 8.63. The minimum Gasteiger partial charge on any atom is -0.481 e. The smallest absolute Gasteiger partial charge is 0.308 e. The van der Waals surface area contributed by atoms with Crippen LogP contribution in [0.5, 0.6) is 0 Å². The number of nitrogens with one attached hydrogen (secondary N) is 1. The lowest BCUT2D eigenvalue weighted by Gasteiger charge is -2.26. The van der Waals surface area contributed by atoms with Crippen LogP contribution in [0.2, 0.25) is 0 Å². The van der Waals surface area contributed by atoms with Gasteiger partial charge in [0.05, 0.1) is 24.5 Å². The number of aromatic nitrogens is 2. The number of nitrogens with zero attached hydrogens (tertiary/aromatic N) is 2. The van der Waals surface area contributed by atoms with Gasteiger partial charge in [-0.05, 0) is 24.1 Å². The van der Waals surface area contributed by atoms with E-state index in [9.17, 15) is 18.0 Å². The van der Waals surface area contributed by atoms with Crippen LogP contribution in [0.25, 0.3) is 0 Å². The molecule has 2 heterocycles. The van der Waals surface area contributed by atoms with E-state index in [2.05, 4.69) is 9.97 Å². The second-order valence-corrected chi connectivity index (χ2v) is 8.35. The third-order valence-corrected chi connectivity index (χ3v) is 6.36. The molecule has 0 saturated carbocycles. The molecule has 1 saturated heterocycles. The number of carbonyl (C=O) groups is 1. The van der Waals surface area contributed by atoms with E-state index in [1.54, 1.807) is 24.3 Å². The number of carboxylic acids is 1. The number of aryl methyl sites for hydroxylation is 2. The number of hydrogen-bond acceptors (Lipinski definition) is 6. The lowest BCUT2D eigenvalue weighted by molar-refractivity contribution is -0.136. The van der Waals surface area contributed by atoms with Crippen LogP contribution in [0.3, 0.4) is 0 Å². The van der Waals surface area contributed by atoms with Gasteiger partial charge in [-0.15, -0.1) is 0 Å². The summed E-state index contributed by atoms with van der Waals surface area (Å²) in [5, 5.41) is 8.74. The molecule has 28 heavy (non-hydrogen) atoms. The van der Waals surface area contributed by atoms with Crippen molar-refractivity contribution < 1.29 is 23.1 Å². The van der Waals surface area contributed by atoms with E-state index >= 15 is 0 Å². The van der Waals surface area contributed by atoms with Crippen LogP contribution in [0.15, 0.2) is 40.2 Å². The van der Waals surface area contributed by atoms with Crippen LogP contribution in [0.1, 0.15) is 17.0 Å². The van der Waals surface area contributed by atoms with Crippen LogP contribution in [0, 0.1) is 0 Å². The molecule has 1 aliphatic rings. The lowest BCUT2D eigenvalue weighted by atomic mass is 10.1. The zero-order valence-corrected chi connectivity index (χ0v) is 15.9. The standard InChI is InChI=1S/C18H21N3O6S/c22-17(23)11-14-12-19-16(20-18(14)24)6-3-13-1-4-15(5-2-13)28(25,26)21-7-9-27-10-8-21/h1-2,4-5,12H,3,6-11H2,(H,22,23)(H,19,20,24). The summed E-state index contributed by atoms with van der Waals surface area (Å²) in [6, 6.07) is 6.63. The van der Waals surface area contributed by atoms with Gasteiger partial charge in [0.15, 0.2) is 0 Å². The largest absolute Gasteiger partial charge is 0.481 e. The number of ether oxygens (including phenoxy) is 1. The molecule has 0 atom stereocenters. The SMILES string of the molecule is O=C(O)Cc1cnc(CCc2ccc(S(=O)(=O)N3CCOCC3)cc2)[nH]c1=O. The first-order valence-electron chi connectivity index (χ1n) is 8.82. The molecule has 0 radical (unpaired) electrons. The van der Waals surface area contributed by atoms with Gasteiger partial charge in [-0.2, -0.15) is 4.31 Å². The molecular weight excluding hydrogens is 386 g/mol. The van der Waals surface area contributed by atoms with E-state index in [-0.39, 0.29) is 16.9 Å². The molecule has 10 heteroatoms. The minimum absolute atomic E-state index is 0.105. The zero-order chi connectivity index (χ0) is 20.1. The topological polar surface area (TPSA) is 130 Å². The molecule has 9 nitrogen and oxygen atoms in total. The molecule has 0 amide bonds. The average Bonchev–Trinajstić information content (AvgIpc) is 2.69. The van der Waals surface area contributed by atoms with E-state index in [1.165, 1.54) is 10.5 Å². The summed E-state index contributed by atoms with van der Waals surface area (Å²) in [5.74, 6) is -0.642. The Morgan fingerprint density at radius 2 is 1.86 bits per heavy atom. The molecule has 2 aromatic rings. The third-order valence-electron chi connectivity index (χ3n) is 4.45. The Hall–Kier alpha value is -2.56. The van der Waals surface area contributed by atoms with Crippen molar-refractivity contribution in [1.82, 2.24) is 14.3 Å². The Kier molecular flexibility index (Phi) is 6.22. The van der Waals surface area contributed by atoms with Crippen LogP contribution in [-0.4, -0.2) is 60.1 Å². The Balaban J connectivity index is 1.64. The molecule has 1 aliphatic heterocycles. The van der Waals surface area contributed by atoms with Crippen molar-refractivity contribution in [3.63, 3.8) is 0 Å². The fourth-order valence-electron chi connectivity index (χ4n) is 2.90. The molecule has 1 fully saturated rings. The van der Waals surface area contributed by atoms with Crippen LogP contribution < -0.4 is 5.56 Å². The van der Waals surface area contributed by atoms with Crippen LogP contribution in [0.4, 0.5) is 0 Å². The molecular formula is C18H21N3O6S. The van der Waals surface area contributed by atoms with Crippen LogP contribution >= 0.6 is 0 Å². The number of H-pyrrole nitrogens is 1. The molecule has 0 bridgehead atoms. The van der Waals surface area contributed by atoms with Gasteiger partial charge in [0, 0.05) is 31.3 Å². The maximum Gasteiger partial charge on any atom is 0.308 e. The first-order chi connectivity index (χ1) is 13.4. The van der Waals surface area contributed by atoms with Gasteiger partial charge in [-0.3, -0.25) is 9.59 Å².